The minimum Gasteiger partial charge on any atom is -0.322 e. The zero-order chi connectivity index (χ0) is 14.9. The second-order valence-corrected chi connectivity index (χ2v) is 5.69. The first-order chi connectivity index (χ1) is 10.8. The molecule has 0 N–H and O–H groups in total. The van der Waals surface area contributed by atoms with Crippen LogP contribution in [-0.2, 0) is 7.05 Å². The molecule has 2 heterocycles. The Hall–Kier alpha value is -2.67. The number of hydrogen-bond donors (Lipinski definition) is 0. The zero-order valence-electron chi connectivity index (χ0n) is 11.8. The van der Waals surface area contributed by atoms with Crippen LogP contribution in [0.2, 0.25) is 0 Å². The lowest BCUT2D eigenvalue weighted by atomic mass is 10.3. The normalized spacial score (nSPS) is 11.1. The van der Waals surface area contributed by atoms with Gasteiger partial charge in [-0.25, -0.2) is 4.98 Å². The summed E-state index contributed by atoms with van der Waals surface area (Å²) >= 11 is 1.45. The molecule has 0 unspecified atom stereocenters. The summed E-state index contributed by atoms with van der Waals surface area (Å²) in [6, 6.07) is 17.9. The molecular weight excluding hydrogens is 296 g/mol. The smallest absolute Gasteiger partial charge is 0.221 e. The van der Waals surface area contributed by atoms with Gasteiger partial charge in [-0.1, -0.05) is 30.3 Å². The van der Waals surface area contributed by atoms with Crippen molar-refractivity contribution < 1.29 is 0 Å². The van der Waals surface area contributed by atoms with Crippen LogP contribution in [0.5, 0.6) is 0 Å². The van der Waals surface area contributed by atoms with E-state index in [-0.39, 0.29) is 0 Å². The molecular formula is C15H12N6S. The molecule has 108 valence electrons. The van der Waals surface area contributed by atoms with Crippen molar-refractivity contribution in [3.63, 3.8) is 0 Å². The maximum atomic E-state index is 4.64. The SMILES string of the molecule is Cn1c(Sc2nnnn2-c2ccccc2)nc2ccccc21. The number of rotatable bonds is 3. The summed E-state index contributed by atoms with van der Waals surface area (Å²) in [6.07, 6.45) is 0. The Morgan fingerprint density at radius 2 is 1.68 bits per heavy atom. The Balaban J connectivity index is 1.75. The van der Waals surface area contributed by atoms with Crippen molar-refractivity contribution in [2.45, 2.75) is 10.3 Å². The van der Waals surface area contributed by atoms with Crippen LogP contribution in [-0.4, -0.2) is 29.8 Å². The first-order valence-corrected chi connectivity index (χ1v) is 7.58. The van der Waals surface area contributed by atoms with E-state index < -0.39 is 0 Å². The Kier molecular flexibility index (Phi) is 3.12. The molecule has 6 nitrogen and oxygen atoms in total. The van der Waals surface area contributed by atoms with Crippen LogP contribution in [0.15, 0.2) is 64.9 Å². The van der Waals surface area contributed by atoms with Gasteiger partial charge in [-0.15, -0.1) is 5.10 Å². The molecule has 0 aliphatic heterocycles. The first-order valence-electron chi connectivity index (χ1n) is 6.76. The van der Waals surface area contributed by atoms with E-state index in [1.54, 1.807) is 4.68 Å². The van der Waals surface area contributed by atoms with Gasteiger partial charge in [-0.3, -0.25) is 0 Å². The summed E-state index contributed by atoms with van der Waals surface area (Å²) in [5, 5.41) is 13.5. The lowest BCUT2D eigenvalue weighted by molar-refractivity contribution is 0.750. The van der Waals surface area contributed by atoms with Crippen LogP contribution < -0.4 is 0 Å². The molecule has 0 spiro atoms. The molecule has 2 aromatic heterocycles. The van der Waals surface area contributed by atoms with Crippen molar-refractivity contribution in [1.29, 1.82) is 0 Å². The van der Waals surface area contributed by atoms with Crippen LogP contribution in [0.25, 0.3) is 16.7 Å². The van der Waals surface area contributed by atoms with Gasteiger partial charge in [-0.05, 0) is 46.5 Å². The maximum Gasteiger partial charge on any atom is 0.221 e. The lowest BCUT2D eigenvalue weighted by Gasteiger charge is -2.03. The van der Waals surface area contributed by atoms with Gasteiger partial charge >= 0.3 is 0 Å². The zero-order valence-corrected chi connectivity index (χ0v) is 12.6. The van der Waals surface area contributed by atoms with Gasteiger partial charge in [0.25, 0.3) is 0 Å². The van der Waals surface area contributed by atoms with E-state index in [4.69, 9.17) is 0 Å². The van der Waals surface area contributed by atoms with Gasteiger partial charge in [0.05, 0.1) is 16.7 Å². The standard InChI is InChI=1S/C15H12N6S/c1-20-13-10-6-5-9-12(13)16-14(20)22-15-17-18-19-21(15)11-7-3-2-4-8-11/h2-10H,1H3. The van der Waals surface area contributed by atoms with Gasteiger partial charge in [-0.2, -0.15) is 4.68 Å². The van der Waals surface area contributed by atoms with E-state index >= 15 is 0 Å². The van der Waals surface area contributed by atoms with Crippen LogP contribution in [0.4, 0.5) is 0 Å². The van der Waals surface area contributed by atoms with Crippen molar-refractivity contribution in [3.8, 4) is 5.69 Å². The van der Waals surface area contributed by atoms with Gasteiger partial charge in [0.15, 0.2) is 5.16 Å². The fourth-order valence-electron chi connectivity index (χ4n) is 2.27. The molecule has 2 aromatic carbocycles. The Labute approximate surface area is 130 Å². The molecule has 0 saturated heterocycles. The second-order valence-electron chi connectivity index (χ2n) is 4.75. The van der Waals surface area contributed by atoms with Crippen molar-refractivity contribution in [2.24, 2.45) is 7.05 Å². The van der Waals surface area contributed by atoms with Crippen LogP contribution in [0, 0.1) is 0 Å². The number of tetrazole rings is 1. The van der Waals surface area contributed by atoms with E-state index in [0.29, 0.717) is 5.16 Å². The predicted molar refractivity (Wildman–Crippen MR) is 84.0 cm³/mol. The number of fused-ring (bicyclic) bond motifs is 1. The number of nitrogens with zero attached hydrogens (tertiary/aromatic N) is 6. The second kappa shape index (κ2) is 5.27. The Bertz CT molecular complexity index is 928. The molecule has 0 saturated carbocycles. The van der Waals surface area contributed by atoms with Crippen LogP contribution >= 0.6 is 11.8 Å². The summed E-state index contributed by atoms with van der Waals surface area (Å²) in [5.74, 6) is 0. The van der Waals surface area contributed by atoms with E-state index in [9.17, 15) is 0 Å². The van der Waals surface area contributed by atoms with Crippen molar-refractivity contribution in [3.05, 3.63) is 54.6 Å². The minimum absolute atomic E-state index is 0.685. The van der Waals surface area contributed by atoms with Gasteiger partial charge in [0.1, 0.15) is 0 Å². The fourth-order valence-corrected chi connectivity index (χ4v) is 3.12. The third kappa shape index (κ3) is 2.15. The van der Waals surface area contributed by atoms with Crippen molar-refractivity contribution >= 4 is 22.8 Å². The lowest BCUT2D eigenvalue weighted by Crippen LogP contribution is -1.99. The predicted octanol–water partition coefficient (Wildman–Crippen LogP) is 2.70. The molecule has 0 aliphatic rings. The highest BCUT2D eigenvalue weighted by Gasteiger charge is 2.14. The number of aryl methyl sites for hydroxylation is 1. The molecule has 0 aliphatic carbocycles. The monoisotopic (exact) mass is 308 g/mol. The number of aromatic nitrogens is 6. The highest BCUT2D eigenvalue weighted by atomic mass is 32.2. The summed E-state index contributed by atoms with van der Waals surface area (Å²) < 4.78 is 3.76. The number of benzene rings is 2. The number of imidazole rings is 1. The molecule has 0 amide bonds. The van der Waals surface area contributed by atoms with Crippen LogP contribution in [0.1, 0.15) is 0 Å². The fraction of sp³-hybridized carbons (Fsp3) is 0.0667. The highest BCUT2D eigenvalue weighted by molar-refractivity contribution is 7.99. The van der Waals surface area contributed by atoms with E-state index in [1.165, 1.54) is 11.8 Å². The topological polar surface area (TPSA) is 61.4 Å². The molecule has 0 radical (unpaired) electrons. The average molecular weight is 308 g/mol. The summed E-state index contributed by atoms with van der Waals surface area (Å²) in [7, 11) is 1.99. The minimum atomic E-state index is 0.685. The number of para-hydroxylation sites is 3. The van der Waals surface area contributed by atoms with Gasteiger partial charge in [0, 0.05) is 7.05 Å². The molecule has 7 heteroatoms. The van der Waals surface area contributed by atoms with E-state index in [0.717, 1.165) is 21.9 Å². The van der Waals surface area contributed by atoms with Gasteiger partial charge < -0.3 is 4.57 Å². The van der Waals surface area contributed by atoms with Crippen molar-refractivity contribution in [2.75, 3.05) is 0 Å². The first kappa shape index (κ1) is 13.0. The van der Waals surface area contributed by atoms with Crippen molar-refractivity contribution in [1.82, 2.24) is 29.8 Å². The Morgan fingerprint density at radius 3 is 2.50 bits per heavy atom. The highest BCUT2D eigenvalue weighted by Crippen LogP contribution is 2.28. The van der Waals surface area contributed by atoms with E-state index in [2.05, 4.69) is 20.5 Å². The summed E-state index contributed by atoms with van der Waals surface area (Å²) in [5.41, 5.74) is 2.98. The quantitative estimate of drug-likeness (QED) is 0.582. The van der Waals surface area contributed by atoms with Gasteiger partial charge in [0.2, 0.25) is 5.16 Å². The average Bonchev–Trinajstić information content (AvgIpc) is 3.15. The molecule has 0 bridgehead atoms. The molecule has 22 heavy (non-hydrogen) atoms. The molecule has 0 atom stereocenters. The molecule has 4 aromatic rings. The maximum absolute atomic E-state index is 4.64. The van der Waals surface area contributed by atoms with Crippen LogP contribution in [0.3, 0.4) is 0 Å². The largest absolute Gasteiger partial charge is 0.322 e. The number of hydrogen-bond acceptors (Lipinski definition) is 5. The summed E-state index contributed by atoms with van der Waals surface area (Å²) in [4.78, 5) is 4.64. The molecule has 0 fully saturated rings. The summed E-state index contributed by atoms with van der Waals surface area (Å²) in [6.45, 7) is 0. The third-order valence-electron chi connectivity index (χ3n) is 3.37. The van der Waals surface area contributed by atoms with E-state index in [1.807, 2.05) is 66.2 Å². The molecule has 4 rings (SSSR count). The Morgan fingerprint density at radius 1 is 0.909 bits per heavy atom. The third-order valence-corrected chi connectivity index (χ3v) is 4.36.